The molecule has 236 valence electrons. The second-order valence-electron chi connectivity index (χ2n) is 11.4. The Hall–Kier alpha value is -4.21. The Morgan fingerprint density at radius 3 is 2.52 bits per heavy atom. The Morgan fingerprint density at radius 2 is 1.86 bits per heavy atom. The van der Waals surface area contributed by atoms with Crippen molar-refractivity contribution >= 4 is 23.7 Å². The van der Waals surface area contributed by atoms with Crippen LogP contribution < -0.4 is 10.2 Å². The summed E-state index contributed by atoms with van der Waals surface area (Å²) in [6.07, 6.45) is -7.76. The standard InChI is InChI=1S/C28H26F7N5O4/c1-25(2,3)44-24(41)36-19-13-17(27(30,31)32)21-37-20(19)22-38-39-23(43-22)26(42,28(33,34)35)16-12-14(9-10-18(16)29)6-4-7-15-8-5-11-40(15)21/h4,6,9-10,12-13,15,42H,5,7-8,11H2,1-3H3,(H,36,41)/t15-,26?/m1/s1. The van der Waals surface area contributed by atoms with Crippen LogP contribution in [0.5, 0.6) is 0 Å². The SMILES string of the molecule is CC(C)(C)OC(=O)Nc1cc(C(F)(F)F)c2nc1-c1nnc(o1)C(O)(C(F)(F)F)c1cc(ccc1F)C=CC[C@@H]1CCCN21. The fraction of sp³-hybridized carbons (Fsp3) is 0.429. The van der Waals surface area contributed by atoms with E-state index in [0.29, 0.717) is 18.9 Å². The van der Waals surface area contributed by atoms with Gasteiger partial charge >= 0.3 is 18.4 Å². The molecule has 9 nitrogen and oxygen atoms in total. The average Bonchev–Trinajstić information content (AvgIpc) is 3.56. The van der Waals surface area contributed by atoms with Gasteiger partial charge in [-0.15, -0.1) is 10.2 Å². The van der Waals surface area contributed by atoms with E-state index in [-0.39, 0.29) is 18.5 Å². The van der Waals surface area contributed by atoms with Crippen molar-refractivity contribution in [2.24, 2.45) is 0 Å². The number of pyridine rings is 1. The number of rotatable bonds is 1. The number of aliphatic hydroxyl groups is 1. The number of nitrogens with one attached hydrogen (secondary N) is 1. The summed E-state index contributed by atoms with van der Waals surface area (Å²) in [5.74, 6) is -4.43. The lowest BCUT2D eigenvalue weighted by molar-refractivity contribution is -0.256. The lowest BCUT2D eigenvalue weighted by atomic mass is 9.90. The highest BCUT2D eigenvalue weighted by molar-refractivity contribution is 5.90. The number of anilines is 2. The number of amides is 1. The molecule has 3 aromatic rings. The topological polar surface area (TPSA) is 114 Å². The molecule has 2 aliphatic heterocycles. The Bertz CT molecular complexity index is 1610. The summed E-state index contributed by atoms with van der Waals surface area (Å²) in [5, 5.41) is 20.0. The molecular formula is C28H26F7N5O4. The van der Waals surface area contributed by atoms with Gasteiger partial charge in [0.25, 0.3) is 17.4 Å². The Labute approximate surface area is 245 Å². The van der Waals surface area contributed by atoms with Crippen LogP contribution in [-0.2, 0) is 16.5 Å². The summed E-state index contributed by atoms with van der Waals surface area (Å²) in [6, 6.07) is 2.72. The molecular weight excluding hydrogens is 603 g/mol. The predicted molar refractivity (Wildman–Crippen MR) is 142 cm³/mol. The normalized spacial score (nSPS) is 20.5. The number of carbonyl (C=O) groups excluding carboxylic acids is 1. The Morgan fingerprint density at radius 1 is 1.14 bits per heavy atom. The van der Waals surface area contributed by atoms with Crippen molar-refractivity contribution in [1.29, 1.82) is 0 Å². The first-order valence-electron chi connectivity index (χ1n) is 13.4. The summed E-state index contributed by atoms with van der Waals surface area (Å²) in [6.45, 7) is 4.67. The van der Waals surface area contributed by atoms with Crippen LogP contribution in [0.2, 0.25) is 0 Å². The minimum atomic E-state index is -5.60. The van der Waals surface area contributed by atoms with Gasteiger partial charge in [-0.2, -0.15) is 26.3 Å². The summed E-state index contributed by atoms with van der Waals surface area (Å²) in [5.41, 5.74) is -8.96. The first kappa shape index (κ1) is 31.2. The number of ether oxygens (including phenoxy) is 1. The van der Waals surface area contributed by atoms with Gasteiger partial charge in [-0.25, -0.2) is 14.2 Å². The van der Waals surface area contributed by atoms with Crippen LogP contribution in [-0.4, -0.2) is 50.7 Å². The number of benzene rings is 1. The highest BCUT2D eigenvalue weighted by Crippen LogP contribution is 2.47. The van der Waals surface area contributed by atoms with E-state index < -0.39 is 81.6 Å². The van der Waals surface area contributed by atoms with E-state index in [2.05, 4.69) is 20.5 Å². The van der Waals surface area contributed by atoms with Gasteiger partial charge in [-0.05, 0) is 63.8 Å². The molecule has 0 saturated carbocycles. The second kappa shape index (κ2) is 10.7. The molecule has 44 heavy (non-hydrogen) atoms. The summed E-state index contributed by atoms with van der Waals surface area (Å²) >= 11 is 0. The first-order valence-corrected chi connectivity index (χ1v) is 13.4. The molecule has 4 heterocycles. The van der Waals surface area contributed by atoms with Crippen molar-refractivity contribution in [2.75, 3.05) is 16.8 Å². The van der Waals surface area contributed by atoms with E-state index in [4.69, 9.17) is 9.15 Å². The smallest absolute Gasteiger partial charge is 0.430 e. The first-order chi connectivity index (χ1) is 20.4. The number of fused-ring (bicyclic) bond motifs is 9. The van der Waals surface area contributed by atoms with E-state index in [1.165, 1.54) is 43.9 Å². The van der Waals surface area contributed by atoms with Gasteiger partial charge in [0, 0.05) is 18.2 Å². The summed E-state index contributed by atoms with van der Waals surface area (Å²) < 4.78 is 112. The maximum atomic E-state index is 14.9. The molecule has 2 N–H and O–H groups in total. The van der Waals surface area contributed by atoms with E-state index >= 15 is 0 Å². The van der Waals surface area contributed by atoms with Crippen molar-refractivity contribution in [3.63, 3.8) is 0 Å². The zero-order valence-electron chi connectivity index (χ0n) is 23.5. The summed E-state index contributed by atoms with van der Waals surface area (Å²) in [7, 11) is 0. The molecule has 1 unspecified atom stereocenters. The number of nitrogens with zero attached hydrogens (tertiary/aromatic N) is 4. The number of halogens is 7. The molecule has 1 amide bonds. The van der Waals surface area contributed by atoms with Crippen LogP contribution in [0.15, 0.2) is 34.8 Å². The maximum absolute atomic E-state index is 14.9. The predicted octanol–water partition coefficient (Wildman–Crippen LogP) is 6.82. The molecule has 1 saturated heterocycles. The zero-order valence-corrected chi connectivity index (χ0v) is 23.5. The fourth-order valence-corrected chi connectivity index (χ4v) is 5.10. The van der Waals surface area contributed by atoms with Gasteiger partial charge in [0.05, 0.1) is 5.69 Å². The third-order valence-electron chi connectivity index (χ3n) is 7.04. The van der Waals surface area contributed by atoms with Crippen molar-refractivity contribution < 1.29 is 49.8 Å². The molecule has 1 fully saturated rings. The Kier molecular flexibility index (Phi) is 7.63. The van der Waals surface area contributed by atoms with Crippen LogP contribution in [0.1, 0.15) is 62.6 Å². The number of hydrogen-bond acceptors (Lipinski definition) is 8. The van der Waals surface area contributed by atoms with Crippen LogP contribution in [0, 0.1) is 5.82 Å². The molecule has 2 aromatic heterocycles. The fourth-order valence-electron chi connectivity index (χ4n) is 5.10. The minimum absolute atomic E-state index is 0.0711. The molecule has 5 rings (SSSR count). The third-order valence-corrected chi connectivity index (χ3v) is 7.04. The van der Waals surface area contributed by atoms with Gasteiger partial charge < -0.3 is 19.2 Å². The van der Waals surface area contributed by atoms with Crippen molar-refractivity contribution in [2.45, 2.75) is 69.6 Å². The lowest BCUT2D eigenvalue weighted by Gasteiger charge is -2.29. The van der Waals surface area contributed by atoms with Crippen molar-refractivity contribution in [3.05, 3.63) is 58.7 Å². The van der Waals surface area contributed by atoms with Crippen molar-refractivity contribution in [3.8, 4) is 11.6 Å². The molecule has 16 heteroatoms. The van der Waals surface area contributed by atoms with E-state index in [1.807, 2.05) is 0 Å². The minimum Gasteiger partial charge on any atom is -0.444 e. The van der Waals surface area contributed by atoms with Crippen molar-refractivity contribution in [1.82, 2.24) is 15.2 Å². The molecule has 2 atom stereocenters. The van der Waals surface area contributed by atoms with Crippen LogP contribution in [0.25, 0.3) is 17.7 Å². The highest BCUT2D eigenvalue weighted by atomic mass is 19.4. The lowest BCUT2D eigenvalue weighted by Crippen LogP contribution is -2.44. The molecule has 6 bridgehead atoms. The largest absolute Gasteiger partial charge is 0.444 e. The number of carbonyl (C=O) groups is 1. The van der Waals surface area contributed by atoms with Crippen LogP contribution >= 0.6 is 0 Å². The number of alkyl halides is 6. The van der Waals surface area contributed by atoms with Gasteiger partial charge in [0.1, 0.15) is 22.8 Å². The second-order valence-corrected chi connectivity index (χ2v) is 11.4. The molecule has 0 spiro atoms. The average molecular weight is 630 g/mol. The summed E-state index contributed by atoms with van der Waals surface area (Å²) in [4.78, 5) is 18.1. The highest BCUT2D eigenvalue weighted by Gasteiger charge is 2.61. The third kappa shape index (κ3) is 5.81. The Balaban J connectivity index is 1.80. The monoisotopic (exact) mass is 629 g/mol. The number of aromatic nitrogens is 3. The van der Waals surface area contributed by atoms with E-state index in [1.54, 1.807) is 0 Å². The molecule has 0 radical (unpaired) electrons. The molecule has 1 aromatic carbocycles. The molecule has 0 aliphatic carbocycles. The zero-order chi connectivity index (χ0) is 32.2. The van der Waals surface area contributed by atoms with Gasteiger partial charge in [0.2, 0.25) is 0 Å². The number of hydrogen-bond donors (Lipinski definition) is 2. The maximum Gasteiger partial charge on any atom is 0.430 e. The van der Waals surface area contributed by atoms with E-state index in [0.717, 1.165) is 12.1 Å². The van der Waals surface area contributed by atoms with E-state index in [9.17, 15) is 40.6 Å². The van der Waals surface area contributed by atoms with Gasteiger partial charge in [-0.1, -0.05) is 18.2 Å². The van der Waals surface area contributed by atoms with Gasteiger partial charge in [-0.3, -0.25) is 5.32 Å². The van der Waals surface area contributed by atoms with Crippen LogP contribution in [0.3, 0.4) is 0 Å². The van der Waals surface area contributed by atoms with Crippen LogP contribution in [0.4, 0.5) is 47.0 Å². The van der Waals surface area contributed by atoms with Gasteiger partial charge in [0.15, 0.2) is 5.69 Å². The quantitative estimate of drug-likeness (QED) is 0.282. The molecule has 2 aliphatic rings.